The first kappa shape index (κ1) is 13.8. The average Bonchev–Trinajstić information content (AvgIpc) is 2.38. The summed E-state index contributed by atoms with van der Waals surface area (Å²) in [7, 11) is 0. The van der Waals surface area contributed by atoms with E-state index in [1.807, 2.05) is 19.2 Å². The molecule has 0 saturated heterocycles. The van der Waals surface area contributed by atoms with Crippen LogP contribution in [0.25, 0.3) is 0 Å². The molecular formula is C13H16O3S. The van der Waals surface area contributed by atoms with Crippen LogP contribution >= 0.6 is 11.8 Å². The number of Topliss-reactive ketones (excluding diaryl/α,β-unsaturated/α-hetero) is 1. The number of ketones is 1. The summed E-state index contributed by atoms with van der Waals surface area (Å²) in [5.74, 6) is -0.487. The Bertz CT molecular complexity index is 372. The lowest BCUT2D eigenvalue weighted by atomic mass is 10.1. The van der Waals surface area contributed by atoms with Crippen molar-refractivity contribution in [2.24, 2.45) is 0 Å². The van der Waals surface area contributed by atoms with Gasteiger partial charge in [0.2, 0.25) is 0 Å². The van der Waals surface area contributed by atoms with Gasteiger partial charge < -0.3 is 4.74 Å². The van der Waals surface area contributed by atoms with E-state index in [9.17, 15) is 9.59 Å². The molecule has 92 valence electrons. The van der Waals surface area contributed by atoms with Crippen LogP contribution in [0.1, 0.15) is 23.7 Å². The van der Waals surface area contributed by atoms with Crippen molar-refractivity contribution in [2.45, 2.75) is 18.6 Å². The predicted molar refractivity (Wildman–Crippen MR) is 69.3 cm³/mol. The third-order valence-electron chi connectivity index (χ3n) is 2.36. The molecule has 0 aliphatic carbocycles. The second kappa shape index (κ2) is 7.12. The highest BCUT2D eigenvalue weighted by Crippen LogP contribution is 2.12. The van der Waals surface area contributed by atoms with E-state index in [1.165, 1.54) is 11.8 Å². The van der Waals surface area contributed by atoms with Crippen LogP contribution in [0.5, 0.6) is 0 Å². The summed E-state index contributed by atoms with van der Waals surface area (Å²) in [4.78, 5) is 23.2. The number of benzene rings is 1. The summed E-state index contributed by atoms with van der Waals surface area (Å²) >= 11 is 1.44. The quantitative estimate of drug-likeness (QED) is 0.576. The molecule has 0 N–H and O–H groups in total. The molecule has 0 heterocycles. The Kier molecular flexibility index (Phi) is 5.77. The first-order valence-corrected chi connectivity index (χ1v) is 6.75. The van der Waals surface area contributed by atoms with E-state index < -0.39 is 0 Å². The van der Waals surface area contributed by atoms with Crippen LogP contribution in [-0.2, 0) is 9.53 Å². The zero-order valence-electron chi connectivity index (χ0n) is 10.0. The maximum absolute atomic E-state index is 11.7. The van der Waals surface area contributed by atoms with Crippen LogP contribution in [0.4, 0.5) is 0 Å². The number of thioether (sulfide) groups is 1. The van der Waals surface area contributed by atoms with Gasteiger partial charge in [0.25, 0.3) is 0 Å². The Morgan fingerprint density at radius 2 is 1.94 bits per heavy atom. The van der Waals surface area contributed by atoms with Crippen LogP contribution in [0.3, 0.4) is 0 Å². The van der Waals surface area contributed by atoms with Crippen LogP contribution in [-0.4, -0.2) is 29.9 Å². The number of carbonyl (C=O) groups is 2. The molecule has 0 fully saturated rings. The van der Waals surface area contributed by atoms with Crippen molar-refractivity contribution in [1.82, 2.24) is 0 Å². The maximum Gasteiger partial charge on any atom is 0.319 e. The predicted octanol–water partition coefficient (Wildman–Crippen LogP) is 2.55. The molecule has 0 unspecified atom stereocenters. The van der Waals surface area contributed by atoms with Gasteiger partial charge in [-0.3, -0.25) is 9.59 Å². The van der Waals surface area contributed by atoms with Gasteiger partial charge in [-0.2, -0.15) is 11.8 Å². The van der Waals surface area contributed by atoms with Gasteiger partial charge in [0.1, 0.15) is 5.25 Å². The Hall–Kier alpha value is -1.29. The Morgan fingerprint density at radius 1 is 1.29 bits per heavy atom. The zero-order chi connectivity index (χ0) is 12.7. The highest BCUT2D eigenvalue weighted by Gasteiger charge is 2.17. The molecule has 0 aromatic heterocycles. The van der Waals surface area contributed by atoms with Gasteiger partial charge >= 0.3 is 5.97 Å². The van der Waals surface area contributed by atoms with Crippen molar-refractivity contribution >= 4 is 23.5 Å². The van der Waals surface area contributed by atoms with E-state index in [4.69, 9.17) is 4.74 Å². The topological polar surface area (TPSA) is 43.4 Å². The number of ether oxygens (including phenoxy) is 1. The molecule has 0 bridgehead atoms. The highest BCUT2D eigenvalue weighted by atomic mass is 32.2. The first-order chi connectivity index (χ1) is 8.19. The van der Waals surface area contributed by atoms with Crippen LogP contribution in [0.15, 0.2) is 30.3 Å². The monoisotopic (exact) mass is 252 g/mol. The summed E-state index contributed by atoms with van der Waals surface area (Å²) in [5, 5.41) is -0.182. The molecule has 0 spiro atoms. The molecule has 1 atom stereocenters. The van der Waals surface area contributed by atoms with Crippen molar-refractivity contribution in [3.63, 3.8) is 0 Å². The molecule has 0 aliphatic heterocycles. The normalized spacial score (nSPS) is 11.9. The SMILES string of the molecule is CC[C@@H](SC)C(=O)OCC(=O)c1ccccc1. The van der Waals surface area contributed by atoms with Crippen LogP contribution in [0.2, 0.25) is 0 Å². The van der Waals surface area contributed by atoms with Gasteiger partial charge in [-0.15, -0.1) is 0 Å². The minimum Gasteiger partial charge on any atom is -0.456 e. The molecular weight excluding hydrogens is 236 g/mol. The molecule has 0 radical (unpaired) electrons. The van der Waals surface area contributed by atoms with Crippen molar-refractivity contribution in [3.8, 4) is 0 Å². The molecule has 4 heteroatoms. The third-order valence-corrected chi connectivity index (χ3v) is 3.45. The summed E-state index contributed by atoms with van der Waals surface area (Å²) in [6, 6.07) is 8.82. The molecule has 17 heavy (non-hydrogen) atoms. The fraction of sp³-hybridized carbons (Fsp3) is 0.385. The smallest absolute Gasteiger partial charge is 0.319 e. The lowest BCUT2D eigenvalue weighted by Gasteiger charge is -2.10. The van der Waals surface area contributed by atoms with Gasteiger partial charge in [-0.25, -0.2) is 0 Å². The third kappa shape index (κ3) is 4.23. The van der Waals surface area contributed by atoms with E-state index in [2.05, 4.69) is 0 Å². The van der Waals surface area contributed by atoms with Gasteiger partial charge in [-0.05, 0) is 12.7 Å². The maximum atomic E-state index is 11.7. The number of esters is 1. The largest absolute Gasteiger partial charge is 0.456 e. The molecule has 1 rings (SSSR count). The fourth-order valence-corrected chi connectivity index (χ4v) is 1.96. The van der Waals surface area contributed by atoms with Crippen molar-refractivity contribution in [3.05, 3.63) is 35.9 Å². The lowest BCUT2D eigenvalue weighted by molar-refractivity contribution is -0.141. The average molecular weight is 252 g/mol. The van der Waals surface area contributed by atoms with E-state index in [-0.39, 0.29) is 23.6 Å². The number of rotatable bonds is 6. The second-order valence-corrected chi connectivity index (χ2v) is 4.57. The molecule has 1 aromatic rings. The van der Waals surface area contributed by atoms with E-state index in [0.717, 1.165) is 0 Å². The van der Waals surface area contributed by atoms with Gasteiger partial charge in [0.05, 0.1) is 0 Å². The summed E-state index contributed by atoms with van der Waals surface area (Å²) < 4.78 is 4.99. The number of hydrogen-bond acceptors (Lipinski definition) is 4. The van der Waals surface area contributed by atoms with Gasteiger partial charge in [-0.1, -0.05) is 37.3 Å². The Balaban J connectivity index is 2.46. The van der Waals surface area contributed by atoms with Crippen molar-refractivity contribution in [1.29, 1.82) is 0 Å². The fourth-order valence-electron chi connectivity index (χ4n) is 1.37. The zero-order valence-corrected chi connectivity index (χ0v) is 10.8. The second-order valence-electron chi connectivity index (χ2n) is 3.53. The number of hydrogen-bond donors (Lipinski definition) is 0. The first-order valence-electron chi connectivity index (χ1n) is 5.46. The van der Waals surface area contributed by atoms with E-state index >= 15 is 0 Å². The Labute approximate surface area is 106 Å². The van der Waals surface area contributed by atoms with E-state index in [0.29, 0.717) is 12.0 Å². The molecule has 1 aromatic carbocycles. The van der Waals surface area contributed by atoms with Gasteiger partial charge in [0.15, 0.2) is 12.4 Å². The minimum absolute atomic E-state index is 0.171. The van der Waals surface area contributed by atoms with Gasteiger partial charge in [0, 0.05) is 5.56 Å². The lowest BCUT2D eigenvalue weighted by Crippen LogP contribution is -2.22. The molecule has 0 saturated carbocycles. The van der Waals surface area contributed by atoms with Crippen LogP contribution in [0, 0.1) is 0 Å². The minimum atomic E-state index is -0.315. The van der Waals surface area contributed by atoms with E-state index in [1.54, 1.807) is 24.3 Å². The van der Waals surface area contributed by atoms with Crippen LogP contribution < -0.4 is 0 Å². The molecule has 3 nitrogen and oxygen atoms in total. The molecule has 0 aliphatic rings. The number of carbonyl (C=O) groups excluding carboxylic acids is 2. The van der Waals surface area contributed by atoms with Crippen molar-refractivity contribution < 1.29 is 14.3 Å². The summed E-state index contributed by atoms with van der Waals surface area (Å²) in [6.07, 6.45) is 2.56. The molecule has 0 amide bonds. The summed E-state index contributed by atoms with van der Waals surface area (Å²) in [6.45, 7) is 1.74. The van der Waals surface area contributed by atoms with Crippen molar-refractivity contribution in [2.75, 3.05) is 12.9 Å². The summed E-state index contributed by atoms with van der Waals surface area (Å²) in [5.41, 5.74) is 0.567. The highest BCUT2D eigenvalue weighted by molar-refractivity contribution is 7.99. The Morgan fingerprint density at radius 3 is 2.47 bits per heavy atom. The standard InChI is InChI=1S/C13H16O3S/c1-3-12(17-2)13(15)16-9-11(14)10-7-5-4-6-8-10/h4-8,12H,3,9H2,1-2H3/t12-/m1/s1.